The quantitative estimate of drug-likeness (QED) is 0.761. The summed E-state index contributed by atoms with van der Waals surface area (Å²) in [4.78, 5) is 39.8. The Kier molecular flexibility index (Phi) is 5.12. The van der Waals surface area contributed by atoms with Crippen molar-refractivity contribution in [2.24, 2.45) is 0 Å². The summed E-state index contributed by atoms with van der Waals surface area (Å²) in [7, 11) is 2.50. The summed E-state index contributed by atoms with van der Waals surface area (Å²) in [5.41, 5.74) is 2.61. The molecule has 0 bridgehead atoms. The SMILES string of the molecule is COC(=O)C1=C(C(=O)OC)N(c2ccc3c(c2)N(C(C)=O)CC3)C=CC=C1. The molecule has 7 heteroatoms. The molecule has 0 aromatic heterocycles. The molecule has 0 fully saturated rings. The van der Waals surface area contributed by atoms with Crippen molar-refractivity contribution in [3.8, 4) is 0 Å². The monoisotopic (exact) mass is 368 g/mol. The topological polar surface area (TPSA) is 76.2 Å². The molecule has 0 atom stereocenters. The lowest BCUT2D eigenvalue weighted by Gasteiger charge is -2.24. The number of carbonyl (C=O) groups is 3. The van der Waals surface area contributed by atoms with Crippen LogP contribution < -0.4 is 9.80 Å². The van der Waals surface area contributed by atoms with E-state index in [0.29, 0.717) is 12.2 Å². The van der Waals surface area contributed by atoms with Gasteiger partial charge in [-0.25, -0.2) is 9.59 Å². The summed E-state index contributed by atoms with van der Waals surface area (Å²) < 4.78 is 9.71. The molecule has 1 aromatic rings. The van der Waals surface area contributed by atoms with Crippen LogP contribution >= 0.6 is 0 Å². The lowest BCUT2D eigenvalue weighted by molar-refractivity contribution is -0.139. The predicted molar refractivity (Wildman–Crippen MR) is 100.0 cm³/mol. The number of nitrogens with zero attached hydrogens (tertiary/aromatic N) is 2. The summed E-state index contributed by atoms with van der Waals surface area (Å²) in [6, 6.07) is 5.60. The molecule has 0 radical (unpaired) electrons. The average Bonchev–Trinajstić information content (AvgIpc) is 2.97. The molecule has 7 nitrogen and oxygen atoms in total. The minimum atomic E-state index is -0.671. The van der Waals surface area contributed by atoms with Crippen molar-refractivity contribution < 1.29 is 23.9 Å². The second-order valence-corrected chi connectivity index (χ2v) is 6.05. The number of fused-ring (bicyclic) bond motifs is 1. The van der Waals surface area contributed by atoms with Crippen molar-refractivity contribution in [1.29, 1.82) is 0 Å². The molecule has 1 aromatic carbocycles. The number of ether oxygens (including phenoxy) is 2. The molecular weight excluding hydrogens is 348 g/mol. The van der Waals surface area contributed by atoms with E-state index in [1.54, 1.807) is 28.2 Å². The molecule has 0 aliphatic carbocycles. The number of hydrogen-bond acceptors (Lipinski definition) is 6. The van der Waals surface area contributed by atoms with Gasteiger partial charge in [0.2, 0.25) is 5.91 Å². The number of esters is 2. The zero-order chi connectivity index (χ0) is 19.6. The summed E-state index contributed by atoms with van der Waals surface area (Å²) in [6.07, 6.45) is 7.29. The van der Waals surface area contributed by atoms with Gasteiger partial charge in [0, 0.05) is 31.0 Å². The first kappa shape index (κ1) is 18.4. The maximum atomic E-state index is 12.5. The molecular formula is C20H20N2O5. The van der Waals surface area contributed by atoms with E-state index in [-0.39, 0.29) is 17.2 Å². The molecule has 0 unspecified atom stereocenters. The fourth-order valence-electron chi connectivity index (χ4n) is 3.21. The first-order valence-corrected chi connectivity index (χ1v) is 8.44. The lowest BCUT2D eigenvalue weighted by Crippen LogP contribution is -2.28. The second kappa shape index (κ2) is 7.49. The van der Waals surface area contributed by atoms with Gasteiger partial charge >= 0.3 is 11.9 Å². The highest BCUT2D eigenvalue weighted by molar-refractivity contribution is 6.05. The molecule has 0 spiro atoms. The number of rotatable bonds is 3. The van der Waals surface area contributed by atoms with Crippen molar-refractivity contribution in [1.82, 2.24) is 0 Å². The Balaban J connectivity index is 2.14. The molecule has 2 aliphatic heterocycles. The van der Waals surface area contributed by atoms with Gasteiger partial charge in [0.05, 0.1) is 19.8 Å². The minimum Gasteiger partial charge on any atom is -0.465 e. The smallest absolute Gasteiger partial charge is 0.355 e. The van der Waals surface area contributed by atoms with E-state index in [2.05, 4.69) is 0 Å². The highest BCUT2D eigenvalue weighted by atomic mass is 16.5. The largest absolute Gasteiger partial charge is 0.465 e. The van der Waals surface area contributed by atoms with Crippen LogP contribution in [0.5, 0.6) is 0 Å². The Morgan fingerprint density at radius 1 is 1.04 bits per heavy atom. The van der Waals surface area contributed by atoms with Gasteiger partial charge in [-0.2, -0.15) is 0 Å². The van der Waals surface area contributed by atoms with Crippen molar-refractivity contribution in [2.75, 3.05) is 30.6 Å². The number of allylic oxidation sites excluding steroid dienone is 2. The standard InChI is InChI=1S/C20H20N2O5/c1-13(23)21-11-9-14-7-8-15(12-17(14)21)22-10-5-4-6-16(19(24)26-2)18(22)20(25)27-3/h4-8,10,12H,9,11H2,1-3H3. The van der Waals surface area contributed by atoms with Crippen LogP contribution in [0, 0.1) is 0 Å². The van der Waals surface area contributed by atoms with Crippen LogP contribution in [0.25, 0.3) is 0 Å². The van der Waals surface area contributed by atoms with E-state index in [4.69, 9.17) is 9.47 Å². The van der Waals surface area contributed by atoms with Gasteiger partial charge in [-0.1, -0.05) is 12.1 Å². The first-order chi connectivity index (χ1) is 13.0. The second-order valence-electron chi connectivity index (χ2n) is 6.05. The van der Waals surface area contributed by atoms with Crippen molar-refractivity contribution in [3.05, 3.63) is 59.5 Å². The van der Waals surface area contributed by atoms with Crippen LogP contribution in [0.2, 0.25) is 0 Å². The normalized spacial score (nSPS) is 15.5. The van der Waals surface area contributed by atoms with Crippen molar-refractivity contribution in [3.63, 3.8) is 0 Å². The third-order valence-electron chi connectivity index (χ3n) is 4.51. The zero-order valence-corrected chi connectivity index (χ0v) is 15.4. The molecule has 2 heterocycles. The van der Waals surface area contributed by atoms with Crippen molar-refractivity contribution in [2.45, 2.75) is 13.3 Å². The lowest BCUT2D eigenvalue weighted by atomic mass is 10.1. The van der Waals surface area contributed by atoms with Crippen LogP contribution in [0.1, 0.15) is 12.5 Å². The summed E-state index contributed by atoms with van der Waals surface area (Å²) >= 11 is 0. The Morgan fingerprint density at radius 2 is 1.78 bits per heavy atom. The van der Waals surface area contributed by atoms with E-state index in [1.807, 2.05) is 18.2 Å². The van der Waals surface area contributed by atoms with Gasteiger partial charge in [0.15, 0.2) is 0 Å². The third kappa shape index (κ3) is 3.36. The van der Waals surface area contributed by atoms with E-state index in [1.165, 1.54) is 27.2 Å². The number of methoxy groups -OCH3 is 2. The minimum absolute atomic E-state index is 0.0432. The van der Waals surface area contributed by atoms with Gasteiger partial charge in [-0.05, 0) is 36.3 Å². The number of hydrogen-bond donors (Lipinski definition) is 0. The van der Waals surface area contributed by atoms with E-state index < -0.39 is 11.9 Å². The predicted octanol–water partition coefficient (Wildman–Crippen LogP) is 2.09. The fourth-order valence-corrected chi connectivity index (χ4v) is 3.21. The van der Waals surface area contributed by atoms with Crippen LogP contribution in [0.3, 0.4) is 0 Å². The van der Waals surface area contributed by atoms with Crippen LogP contribution in [-0.2, 0) is 30.3 Å². The summed E-state index contributed by atoms with van der Waals surface area (Å²) in [6.45, 7) is 2.14. The Hall–Kier alpha value is -3.35. The highest BCUT2D eigenvalue weighted by Crippen LogP contribution is 2.35. The molecule has 27 heavy (non-hydrogen) atoms. The first-order valence-electron chi connectivity index (χ1n) is 8.44. The van der Waals surface area contributed by atoms with Crippen LogP contribution in [-0.4, -0.2) is 38.6 Å². The molecule has 0 saturated carbocycles. The van der Waals surface area contributed by atoms with Crippen molar-refractivity contribution >= 4 is 29.2 Å². The maximum absolute atomic E-state index is 12.5. The summed E-state index contributed by atoms with van der Waals surface area (Å²) in [5, 5.41) is 0. The van der Waals surface area contributed by atoms with E-state index in [0.717, 1.165) is 17.7 Å². The van der Waals surface area contributed by atoms with Crippen LogP contribution in [0.15, 0.2) is 53.9 Å². The van der Waals surface area contributed by atoms with Gasteiger partial charge in [0.1, 0.15) is 5.70 Å². The molecule has 0 N–H and O–H groups in total. The highest BCUT2D eigenvalue weighted by Gasteiger charge is 2.29. The van der Waals surface area contributed by atoms with Gasteiger partial charge in [0.25, 0.3) is 0 Å². The zero-order valence-electron chi connectivity index (χ0n) is 15.4. The third-order valence-corrected chi connectivity index (χ3v) is 4.51. The maximum Gasteiger partial charge on any atom is 0.355 e. The van der Waals surface area contributed by atoms with Crippen LogP contribution in [0.4, 0.5) is 11.4 Å². The fraction of sp³-hybridized carbons (Fsp3) is 0.250. The molecule has 3 rings (SSSR count). The number of carbonyl (C=O) groups excluding carboxylic acids is 3. The molecule has 140 valence electrons. The Bertz CT molecular complexity index is 898. The number of benzene rings is 1. The van der Waals surface area contributed by atoms with Gasteiger partial charge in [-0.15, -0.1) is 0 Å². The Morgan fingerprint density at radius 3 is 2.44 bits per heavy atom. The number of amides is 1. The average molecular weight is 368 g/mol. The molecule has 1 amide bonds. The molecule has 2 aliphatic rings. The van der Waals surface area contributed by atoms with Gasteiger partial charge in [-0.3, -0.25) is 4.79 Å². The Labute approximate surface area is 157 Å². The van der Waals surface area contributed by atoms with E-state index >= 15 is 0 Å². The van der Waals surface area contributed by atoms with Gasteiger partial charge < -0.3 is 19.3 Å². The molecule has 0 saturated heterocycles. The van der Waals surface area contributed by atoms with E-state index in [9.17, 15) is 14.4 Å². The summed E-state index contributed by atoms with van der Waals surface area (Å²) in [5.74, 6) is -1.36. The number of anilines is 2.